The summed E-state index contributed by atoms with van der Waals surface area (Å²) >= 11 is 0. The lowest BCUT2D eigenvalue weighted by molar-refractivity contribution is 0.0277. The van der Waals surface area contributed by atoms with Gasteiger partial charge in [-0.25, -0.2) is 0 Å². The van der Waals surface area contributed by atoms with Crippen molar-refractivity contribution in [2.75, 3.05) is 40.5 Å². The molecule has 7 heteroatoms. The van der Waals surface area contributed by atoms with E-state index in [1.807, 2.05) is 12.1 Å². The Bertz CT molecular complexity index is 534. The predicted molar refractivity (Wildman–Crippen MR) is 125 cm³/mol. The van der Waals surface area contributed by atoms with Crippen molar-refractivity contribution >= 4 is 29.9 Å². The average molecular weight is 505 g/mol. The molecule has 2 N–H and O–H groups in total. The van der Waals surface area contributed by atoms with E-state index in [0.717, 1.165) is 37.8 Å². The van der Waals surface area contributed by atoms with Crippen molar-refractivity contribution < 1.29 is 14.2 Å². The van der Waals surface area contributed by atoms with Crippen LogP contribution in [0.15, 0.2) is 29.3 Å². The number of nitrogens with one attached hydrogen (secondary N) is 2. The van der Waals surface area contributed by atoms with Gasteiger partial charge in [0.05, 0.1) is 12.7 Å². The molecule has 28 heavy (non-hydrogen) atoms. The second-order valence-electron chi connectivity index (χ2n) is 6.82. The molecule has 0 amide bonds. The average Bonchev–Trinajstić information content (AvgIpc) is 2.72. The maximum atomic E-state index is 5.95. The van der Waals surface area contributed by atoms with Crippen molar-refractivity contribution in [2.45, 2.75) is 51.2 Å². The lowest BCUT2D eigenvalue weighted by Crippen LogP contribution is -2.37. The Labute approximate surface area is 186 Å². The fraction of sp³-hybridized carbons (Fsp3) is 0.667. The first-order valence-corrected chi connectivity index (χ1v) is 10.1. The smallest absolute Gasteiger partial charge is 0.191 e. The van der Waals surface area contributed by atoms with E-state index in [1.165, 1.54) is 37.7 Å². The summed E-state index contributed by atoms with van der Waals surface area (Å²) in [5.41, 5.74) is 1.18. The Hall–Kier alpha value is -1.06. The molecular weight excluding hydrogens is 469 g/mol. The molecule has 1 aliphatic carbocycles. The molecule has 0 unspecified atom stereocenters. The van der Waals surface area contributed by atoms with Crippen LogP contribution >= 0.6 is 24.0 Å². The van der Waals surface area contributed by atoms with Crippen molar-refractivity contribution in [1.29, 1.82) is 0 Å². The third kappa shape index (κ3) is 10.5. The first-order valence-electron chi connectivity index (χ1n) is 10.1. The van der Waals surface area contributed by atoms with Crippen LogP contribution in [0.2, 0.25) is 0 Å². The number of benzene rings is 1. The quantitative estimate of drug-likeness (QED) is 0.208. The standard InChI is InChI=1S/C21H35N3O3.HI/c1-22-21(23-13-6-14-26-19-7-4-3-5-8-19)24-17-18-9-11-20(12-10-18)27-16-15-25-2;/h9-12,19H,3-8,13-17H2,1-2H3,(H2,22,23,24);1H. The Kier molecular flexibility index (Phi) is 14.1. The Balaban J connectivity index is 0.00000392. The fourth-order valence-electron chi connectivity index (χ4n) is 3.11. The molecule has 2 rings (SSSR count). The molecule has 0 heterocycles. The molecule has 1 saturated carbocycles. The van der Waals surface area contributed by atoms with Gasteiger partial charge in [-0.05, 0) is 37.0 Å². The number of aliphatic imine (C=N–C) groups is 1. The maximum absolute atomic E-state index is 5.95. The zero-order valence-corrected chi connectivity index (χ0v) is 19.6. The number of ether oxygens (including phenoxy) is 3. The molecule has 160 valence electrons. The van der Waals surface area contributed by atoms with Crippen LogP contribution in [0.4, 0.5) is 0 Å². The van der Waals surface area contributed by atoms with E-state index in [1.54, 1.807) is 14.2 Å². The molecule has 0 bridgehead atoms. The summed E-state index contributed by atoms with van der Waals surface area (Å²) in [6.45, 7) is 3.56. The van der Waals surface area contributed by atoms with Gasteiger partial charge in [0.15, 0.2) is 5.96 Å². The summed E-state index contributed by atoms with van der Waals surface area (Å²) in [7, 11) is 3.46. The van der Waals surface area contributed by atoms with Crippen LogP contribution < -0.4 is 15.4 Å². The van der Waals surface area contributed by atoms with E-state index in [-0.39, 0.29) is 24.0 Å². The van der Waals surface area contributed by atoms with Crippen LogP contribution in [0.3, 0.4) is 0 Å². The fourth-order valence-corrected chi connectivity index (χ4v) is 3.11. The van der Waals surface area contributed by atoms with Crippen molar-refractivity contribution in [3.05, 3.63) is 29.8 Å². The van der Waals surface area contributed by atoms with E-state index in [0.29, 0.717) is 19.3 Å². The first-order chi connectivity index (χ1) is 13.3. The van der Waals surface area contributed by atoms with Gasteiger partial charge in [0.1, 0.15) is 12.4 Å². The van der Waals surface area contributed by atoms with E-state index in [9.17, 15) is 0 Å². The molecule has 1 aliphatic rings. The van der Waals surface area contributed by atoms with E-state index < -0.39 is 0 Å². The van der Waals surface area contributed by atoms with Gasteiger partial charge >= 0.3 is 0 Å². The Morgan fingerprint density at radius 2 is 1.79 bits per heavy atom. The van der Waals surface area contributed by atoms with E-state index in [4.69, 9.17) is 14.2 Å². The second-order valence-corrected chi connectivity index (χ2v) is 6.82. The lowest BCUT2D eigenvalue weighted by atomic mass is 9.98. The molecule has 1 aromatic rings. The van der Waals surface area contributed by atoms with Gasteiger partial charge in [-0.2, -0.15) is 0 Å². The third-order valence-corrected chi connectivity index (χ3v) is 4.68. The predicted octanol–water partition coefficient (Wildman–Crippen LogP) is 3.73. The van der Waals surface area contributed by atoms with Crippen molar-refractivity contribution in [3.63, 3.8) is 0 Å². The van der Waals surface area contributed by atoms with Crippen LogP contribution in [0.25, 0.3) is 0 Å². The van der Waals surface area contributed by atoms with Crippen LogP contribution in [-0.2, 0) is 16.0 Å². The van der Waals surface area contributed by atoms with E-state index >= 15 is 0 Å². The van der Waals surface area contributed by atoms with Gasteiger partial charge in [-0.1, -0.05) is 31.4 Å². The van der Waals surface area contributed by atoms with Crippen molar-refractivity contribution in [3.8, 4) is 5.75 Å². The number of nitrogens with zero attached hydrogens (tertiary/aromatic N) is 1. The topological polar surface area (TPSA) is 64.1 Å². The van der Waals surface area contributed by atoms with Gasteiger partial charge in [-0.15, -0.1) is 24.0 Å². The number of hydrogen-bond donors (Lipinski definition) is 2. The minimum absolute atomic E-state index is 0. The maximum Gasteiger partial charge on any atom is 0.191 e. The van der Waals surface area contributed by atoms with Crippen LogP contribution in [0.1, 0.15) is 44.1 Å². The van der Waals surface area contributed by atoms with Gasteiger partial charge in [0.25, 0.3) is 0 Å². The number of methoxy groups -OCH3 is 1. The minimum atomic E-state index is 0. The van der Waals surface area contributed by atoms with Crippen molar-refractivity contribution in [2.24, 2.45) is 4.99 Å². The Morgan fingerprint density at radius 3 is 2.46 bits per heavy atom. The third-order valence-electron chi connectivity index (χ3n) is 4.68. The zero-order valence-electron chi connectivity index (χ0n) is 17.2. The minimum Gasteiger partial charge on any atom is -0.491 e. The van der Waals surface area contributed by atoms with Gasteiger partial charge < -0.3 is 24.8 Å². The monoisotopic (exact) mass is 505 g/mol. The summed E-state index contributed by atoms with van der Waals surface area (Å²) in [4.78, 5) is 4.27. The van der Waals surface area contributed by atoms with Gasteiger partial charge in [0.2, 0.25) is 0 Å². The zero-order chi connectivity index (χ0) is 19.2. The normalized spacial score (nSPS) is 15.0. The molecule has 1 fully saturated rings. The number of rotatable bonds is 11. The number of hydrogen-bond acceptors (Lipinski definition) is 4. The summed E-state index contributed by atoms with van der Waals surface area (Å²) < 4.78 is 16.5. The van der Waals surface area contributed by atoms with Crippen LogP contribution in [0.5, 0.6) is 5.75 Å². The summed E-state index contributed by atoms with van der Waals surface area (Å²) in [5.74, 6) is 1.67. The highest BCUT2D eigenvalue weighted by Gasteiger charge is 2.12. The molecular formula is C21H36IN3O3. The van der Waals surface area contributed by atoms with Crippen LogP contribution in [0, 0.1) is 0 Å². The Morgan fingerprint density at radius 1 is 1.04 bits per heavy atom. The first kappa shape index (κ1) is 25.0. The molecule has 0 atom stereocenters. The highest BCUT2D eigenvalue weighted by Crippen LogP contribution is 2.20. The van der Waals surface area contributed by atoms with E-state index in [2.05, 4.69) is 27.8 Å². The lowest BCUT2D eigenvalue weighted by Gasteiger charge is -2.22. The molecule has 0 radical (unpaired) electrons. The SMILES string of the molecule is CN=C(NCCCOC1CCCCC1)NCc1ccc(OCCOC)cc1.I. The number of guanidine groups is 1. The summed E-state index contributed by atoms with van der Waals surface area (Å²) in [5, 5.41) is 6.68. The molecule has 0 saturated heterocycles. The largest absolute Gasteiger partial charge is 0.491 e. The number of halogens is 1. The molecule has 1 aromatic carbocycles. The molecule has 0 aliphatic heterocycles. The highest BCUT2D eigenvalue weighted by atomic mass is 127. The van der Waals surface area contributed by atoms with Gasteiger partial charge in [-0.3, -0.25) is 4.99 Å². The van der Waals surface area contributed by atoms with Crippen LogP contribution in [-0.4, -0.2) is 52.6 Å². The summed E-state index contributed by atoms with van der Waals surface area (Å²) in [6, 6.07) is 8.07. The molecule has 0 aromatic heterocycles. The highest BCUT2D eigenvalue weighted by molar-refractivity contribution is 14.0. The molecule has 0 spiro atoms. The van der Waals surface area contributed by atoms with Gasteiger partial charge in [0, 0.05) is 33.9 Å². The second kappa shape index (κ2) is 15.8. The molecule has 6 nitrogen and oxygen atoms in total. The summed E-state index contributed by atoms with van der Waals surface area (Å²) in [6.07, 6.45) is 7.94. The van der Waals surface area contributed by atoms with Crippen molar-refractivity contribution in [1.82, 2.24) is 10.6 Å².